The molecule has 4 rings (SSSR count). The van der Waals surface area contributed by atoms with Crippen LogP contribution in [0.1, 0.15) is 10.4 Å². The van der Waals surface area contributed by atoms with Gasteiger partial charge in [-0.15, -0.1) is 5.10 Å². The van der Waals surface area contributed by atoms with Gasteiger partial charge in [-0.1, -0.05) is 18.2 Å². The average molecular weight is 309 g/mol. The number of H-pyrrole nitrogens is 1. The topological polar surface area (TPSA) is 94.0 Å². The number of nitrogens with zero attached hydrogens (tertiary/aromatic N) is 2. The zero-order valence-corrected chi connectivity index (χ0v) is 11.9. The molecule has 0 saturated carbocycles. The molecule has 0 spiro atoms. The lowest BCUT2D eigenvalue weighted by molar-refractivity contribution is 0.0966. The maximum absolute atomic E-state index is 12.5. The number of rotatable bonds is 4. The van der Waals surface area contributed by atoms with Gasteiger partial charge in [0.05, 0.1) is 6.26 Å². The number of para-hydroxylation sites is 1. The Bertz CT molecular complexity index is 1040. The van der Waals surface area contributed by atoms with Gasteiger partial charge in [-0.2, -0.15) is 4.68 Å². The Kier molecular flexibility index (Phi) is 2.97. The molecule has 0 radical (unpaired) electrons. The number of hydrogen-bond donors (Lipinski definition) is 1. The first kappa shape index (κ1) is 13.3. The Hall–Kier alpha value is -3.35. The molecule has 0 amide bonds. The van der Waals surface area contributed by atoms with Crippen molar-refractivity contribution in [2.45, 2.75) is 6.54 Å². The van der Waals surface area contributed by atoms with E-state index in [0.717, 1.165) is 15.6 Å². The van der Waals surface area contributed by atoms with Crippen LogP contribution >= 0.6 is 0 Å². The van der Waals surface area contributed by atoms with E-state index in [1.165, 1.54) is 6.26 Å². The van der Waals surface area contributed by atoms with Crippen molar-refractivity contribution in [2.75, 3.05) is 0 Å². The highest BCUT2D eigenvalue weighted by Gasteiger charge is 2.17. The van der Waals surface area contributed by atoms with Crippen LogP contribution < -0.4 is 5.76 Å². The van der Waals surface area contributed by atoms with Crippen LogP contribution in [0.25, 0.3) is 22.6 Å². The molecular weight excluding hydrogens is 298 g/mol. The molecule has 4 aromatic rings. The molecule has 3 aromatic heterocycles. The Morgan fingerprint density at radius 2 is 2.09 bits per heavy atom. The standard InChI is InChI=1S/C16H11N3O4/c20-13(11-8-17-12-5-2-1-4-10(11)12)9-19-16(21)23-15(18-19)14-6-3-7-22-14/h1-8,17H,9H2. The minimum atomic E-state index is -0.704. The lowest BCUT2D eigenvalue weighted by Crippen LogP contribution is -2.21. The SMILES string of the molecule is O=C(Cn1nc(-c2ccco2)oc1=O)c1c[nH]c2ccccc12. The molecule has 1 aromatic carbocycles. The lowest BCUT2D eigenvalue weighted by Gasteiger charge is -1.98. The van der Waals surface area contributed by atoms with E-state index in [2.05, 4.69) is 10.1 Å². The molecule has 0 aliphatic rings. The van der Waals surface area contributed by atoms with E-state index in [9.17, 15) is 9.59 Å². The summed E-state index contributed by atoms with van der Waals surface area (Å²) in [6.45, 7) is -0.203. The van der Waals surface area contributed by atoms with E-state index in [1.54, 1.807) is 18.3 Å². The van der Waals surface area contributed by atoms with Gasteiger partial charge in [-0.25, -0.2) is 4.79 Å². The summed E-state index contributed by atoms with van der Waals surface area (Å²) in [4.78, 5) is 27.3. The largest absolute Gasteiger partial charge is 0.459 e. The van der Waals surface area contributed by atoms with Crippen LogP contribution in [0.5, 0.6) is 0 Å². The fourth-order valence-electron chi connectivity index (χ4n) is 2.43. The summed E-state index contributed by atoms with van der Waals surface area (Å²) in [6, 6.07) is 10.7. The summed E-state index contributed by atoms with van der Waals surface area (Å²) in [5.74, 6) is -0.555. The number of aromatic nitrogens is 3. The Morgan fingerprint density at radius 1 is 1.22 bits per heavy atom. The zero-order chi connectivity index (χ0) is 15.8. The third kappa shape index (κ3) is 2.28. The van der Waals surface area contributed by atoms with E-state index >= 15 is 0 Å². The number of nitrogens with one attached hydrogen (secondary N) is 1. The molecule has 0 atom stereocenters. The van der Waals surface area contributed by atoms with Crippen molar-refractivity contribution in [3.8, 4) is 11.7 Å². The van der Waals surface area contributed by atoms with Crippen molar-refractivity contribution >= 4 is 16.7 Å². The number of fused-ring (bicyclic) bond motifs is 1. The van der Waals surface area contributed by atoms with Gasteiger partial charge in [0.2, 0.25) is 0 Å². The van der Waals surface area contributed by atoms with Crippen LogP contribution in [-0.4, -0.2) is 20.5 Å². The van der Waals surface area contributed by atoms with Crippen molar-refractivity contribution in [3.05, 3.63) is 65.0 Å². The first-order chi connectivity index (χ1) is 11.2. The molecule has 7 heteroatoms. The molecule has 0 saturated heterocycles. The highest BCUT2D eigenvalue weighted by atomic mass is 16.4. The predicted octanol–water partition coefficient (Wildman–Crippen LogP) is 2.46. The summed E-state index contributed by atoms with van der Waals surface area (Å²) in [7, 11) is 0. The van der Waals surface area contributed by atoms with Gasteiger partial charge in [0.25, 0.3) is 5.89 Å². The summed E-state index contributed by atoms with van der Waals surface area (Å²) >= 11 is 0. The van der Waals surface area contributed by atoms with E-state index < -0.39 is 5.76 Å². The molecule has 0 unspecified atom stereocenters. The number of ketones is 1. The summed E-state index contributed by atoms with van der Waals surface area (Å²) in [5.41, 5.74) is 1.37. The molecular formula is C16H11N3O4. The number of furan rings is 1. The molecule has 3 heterocycles. The number of aromatic amines is 1. The van der Waals surface area contributed by atoms with Gasteiger partial charge in [0.15, 0.2) is 11.5 Å². The minimum absolute atomic E-state index is 0.0479. The maximum atomic E-state index is 12.5. The van der Waals surface area contributed by atoms with Crippen LogP contribution in [0, 0.1) is 0 Å². The smallest absolute Gasteiger partial charge is 0.437 e. The number of carbonyl (C=O) groups excluding carboxylic acids is 1. The number of Topliss-reactive ketones (excluding diaryl/α,β-unsaturated/α-hetero) is 1. The van der Waals surface area contributed by atoms with E-state index in [4.69, 9.17) is 8.83 Å². The van der Waals surface area contributed by atoms with Crippen LogP contribution in [0.3, 0.4) is 0 Å². The monoisotopic (exact) mass is 309 g/mol. The normalized spacial score (nSPS) is 11.1. The lowest BCUT2D eigenvalue weighted by atomic mass is 10.1. The highest BCUT2D eigenvalue weighted by Crippen LogP contribution is 2.19. The summed E-state index contributed by atoms with van der Waals surface area (Å²) < 4.78 is 11.1. The highest BCUT2D eigenvalue weighted by molar-refractivity contribution is 6.07. The van der Waals surface area contributed by atoms with Crippen LogP contribution in [0.2, 0.25) is 0 Å². The van der Waals surface area contributed by atoms with Gasteiger partial charge < -0.3 is 13.8 Å². The molecule has 114 valence electrons. The summed E-state index contributed by atoms with van der Waals surface area (Å²) in [6.07, 6.45) is 3.08. The molecule has 0 aliphatic carbocycles. The Morgan fingerprint density at radius 3 is 2.91 bits per heavy atom. The van der Waals surface area contributed by atoms with Gasteiger partial charge in [-0.05, 0) is 18.2 Å². The van der Waals surface area contributed by atoms with Crippen molar-refractivity contribution in [2.24, 2.45) is 0 Å². The van der Waals surface area contributed by atoms with Crippen molar-refractivity contribution < 1.29 is 13.6 Å². The van der Waals surface area contributed by atoms with E-state index in [1.807, 2.05) is 24.3 Å². The maximum Gasteiger partial charge on any atom is 0.437 e. The van der Waals surface area contributed by atoms with E-state index in [-0.39, 0.29) is 18.2 Å². The quantitative estimate of drug-likeness (QED) is 0.584. The van der Waals surface area contributed by atoms with Gasteiger partial charge in [-0.3, -0.25) is 4.79 Å². The third-order valence-electron chi connectivity index (χ3n) is 3.52. The molecule has 0 aliphatic heterocycles. The van der Waals surface area contributed by atoms with Gasteiger partial charge in [0, 0.05) is 22.7 Å². The molecule has 0 bridgehead atoms. The average Bonchev–Trinajstić information content (AvgIpc) is 3.27. The molecule has 0 fully saturated rings. The number of hydrogen-bond acceptors (Lipinski definition) is 5. The first-order valence-corrected chi connectivity index (χ1v) is 6.93. The van der Waals surface area contributed by atoms with E-state index in [0.29, 0.717) is 11.3 Å². The first-order valence-electron chi connectivity index (χ1n) is 6.93. The zero-order valence-electron chi connectivity index (χ0n) is 11.9. The minimum Gasteiger partial charge on any atom is -0.459 e. The number of carbonyl (C=O) groups is 1. The Balaban J connectivity index is 1.66. The van der Waals surface area contributed by atoms with Crippen molar-refractivity contribution in [1.82, 2.24) is 14.8 Å². The Labute approximate surface area is 129 Å². The third-order valence-corrected chi connectivity index (χ3v) is 3.52. The second-order valence-electron chi connectivity index (χ2n) is 4.98. The molecule has 23 heavy (non-hydrogen) atoms. The summed E-state index contributed by atoms with van der Waals surface area (Å²) in [5, 5.41) is 4.80. The van der Waals surface area contributed by atoms with Crippen molar-refractivity contribution in [1.29, 1.82) is 0 Å². The van der Waals surface area contributed by atoms with Crippen LogP contribution in [0.4, 0.5) is 0 Å². The van der Waals surface area contributed by atoms with Crippen molar-refractivity contribution in [3.63, 3.8) is 0 Å². The molecule has 1 N–H and O–H groups in total. The van der Waals surface area contributed by atoms with Gasteiger partial charge in [0.1, 0.15) is 6.54 Å². The second kappa shape index (κ2) is 5.13. The fraction of sp³-hybridized carbons (Fsp3) is 0.0625. The predicted molar refractivity (Wildman–Crippen MR) is 81.1 cm³/mol. The number of benzene rings is 1. The van der Waals surface area contributed by atoms with Gasteiger partial charge >= 0.3 is 5.76 Å². The second-order valence-corrected chi connectivity index (χ2v) is 4.98. The fourth-order valence-corrected chi connectivity index (χ4v) is 2.43. The van der Waals surface area contributed by atoms with Crippen LogP contribution in [-0.2, 0) is 6.54 Å². The molecule has 7 nitrogen and oxygen atoms in total. The van der Waals surface area contributed by atoms with Crippen LogP contribution in [0.15, 0.2) is 62.5 Å².